The van der Waals surface area contributed by atoms with Crippen LogP contribution in [0.3, 0.4) is 0 Å². The van der Waals surface area contributed by atoms with E-state index in [2.05, 4.69) is 29.8 Å². The van der Waals surface area contributed by atoms with Gasteiger partial charge in [-0.25, -0.2) is 0 Å². The summed E-state index contributed by atoms with van der Waals surface area (Å²) in [5, 5.41) is 1.89. The zero-order valence-corrected chi connectivity index (χ0v) is 11.5. The summed E-state index contributed by atoms with van der Waals surface area (Å²) in [6.45, 7) is 6.31. The van der Waals surface area contributed by atoms with Gasteiger partial charge in [-0.1, -0.05) is 13.8 Å². The Morgan fingerprint density at radius 2 is 2.20 bits per heavy atom. The number of carbonyl (C=O) groups excluding carboxylic acids is 1. The molecular weight excluding hydrogens is 276 g/mol. The Morgan fingerprint density at radius 1 is 1.53 bits per heavy atom. The van der Waals surface area contributed by atoms with Gasteiger partial charge in [-0.15, -0.1) is 11.3 Å². The van der Waals surface area contributed by atoms with E-state index in [1.807, 2.05) is 18.4 Å². The lowest BCUT2D eigenvalue weighted by Crippen LogP contribution is -2.20. The summed E-state index contributed by atoms with van der Waals surface area (Å²) in [6.07, 6.45) is 0.118. The van der Waals surface area contributed by atoms with Gasteiger partial charge in [0.15, 0.2) is 5.78 Å². The first-order valence-corrected chi connectivity index (χ1v) is 6.57. The topological polar surface area (TPSA) is 26.3 Å². The second-order valence-corrected chi connectivity index (χ2v) is 5.55. The Kier molecular flexibility index (Phi) is 4.96. The van der Waals surface area contributed by atoms with Crippen LogP contribution in [0.2, 0.25) is 0 Å². The quantitative estimate of drug-likeness (QED) is 0.772. The number of ether oxygens (including phenoxy) is 1. The van der Waals surface area contributed by atoms with Crippen molar-refractivity contribution in [2.45, 2.75) is 26.9 Å². The Bertz CT molecular complexity index is 333. The Morgan fingerprint density at radius 3 is 2.67 bits per heavy atom. The van der Waals surface area contributed by atoms with Crippen molar-refractivity contribution in [3.8, 4) is 0 Å². The smallest absolute Gasteiger partial charge is 0.199 e. The molecule has 0 amide bonds. The maximum Gasteiger partial charge on any atom is 0.199 e. The van der Waals surface area contributed by atoms with E-state index in [9.17, 15) is 4.79 Å². The third kappa shape index (κ3) is 3.70. The van der Waals surface area contributed by atoms with Gasteiger partial charge in [0.05, 0.1) is 11.0 Å². The van der Waals surface area contributed by atoms with Crippen LogP contribution in [0.25, 0.3) is 0 Å². The number of Topliss-reactive ketones (excluding diaryl/α,β-unsaturated/α-hetero) is 1. The number of ketones is 1. The van der Waals surface area contributed by atoms with Gasteiger partial charge in [0, 0.05) is 4.47 Å². The lowest BCUT2D eigenvalue weighted by Gasteiger charge is -2.15. The second kappa shape index (κ2) is 5.77. The van der Waals surface area contributed by atoms with Crippen LogP contribution in [0.4, 0.5) is 0 Å². The van der Waals surface area contributed by atoms with Gasteiger partial charge in [-0.2, -0.15) is 0 Å². The molecular formula is C11H15BrO2S. The van der Waals surface area contributed by atoms with Crippen molar-refractivity contribution in [1.82, 2.24) is 0 Å². The van der Waals surface area contributed by atoms with E-state index in [-0.39, 0.29) is 18.5 Å². The minimum Gasteiger partial charge on any atom is -0.370 e. The molecule has 0 spiro atoms. The van der Waals surface area contributed by atoms with Crippen molar-refractivity contribution in [1.29, 1.82) is 0 Å². The molecule has 4 heteroatoms. The van der Waals surface area contributed by atoms with Gasteiger partial charge >= 0.3 is 0 Å². The summed E-state index contributed by atoms with van der Waals surface area (Å²) < 4.78 is 6.34. The molecule has 1 unspecified atom stereocenters. The largest absolute Gasteiger partial charge is 0.370 e. The molecule has 1 aromatic rings. The highest BCUT2D eigenvalue weighted by Crippen LogP contribution is 2.23. The molecule has 0 aliphatic heterocycles. The molecule has 1 rings (SSSR count). The minimum atomic E-state index is 0.0457. The molecule has 2 nitrogen and oxygen atoms in total. The van der Waals surface area contributed by atoms with Gasteiger partial charge in [-0.05, 0) is 40.2 Å². The van der Waals surface area contributed by atoms with Crippen molar-refractivity contribution in [3.63, 3.8) is 0 Å². The number of rotatable bonds is 5. The van der Waals surface area contributed by atoms with E-state index in [0.29, 0.717) is 5.92 Å². The van der Waals surface area contributed by atoms with Gasteiger partial charge in [-0.3, -0.25) is 4.79 Å². The summed E-state index contributed by atoms with van der Waals surface area (Å²) in [5.74, 6) is 0.481. The number of halogens is 1. The van der Waals surface area contributed by atoms with Crippen LogP contribution in [-0.4, -0.2) is 18.5 Å². The molecule has 1 aromatic heterocycles. The highest BCUT2D eigenvalue weighted by atomic mass is 79.9. The normalized spacial score (nSPS) is 13.1. The van der Waals surface area contributed by atoms with Crippen LogP contribution in [0, 0.1) is 5.92 Å². The van der Waals surface area contributed by atoms with Gasteiger partial charge < -0.3 is 4.74 Å². The highest BCUT2D eigenvalue weighted by molar-refractivity contribution is 9.10. The number of thiophene rings is 1. The first-order chi connectivity index (χ1) is 7.02. The summed E-state index contributed by atoms with van der Waals surface area (Å²) in [7, 11) is 0. The van der Waals surface area contributed by atoms with Crippen molar-refractivity contribution in [2.24, 2.45) is 5.92 Å². The van der Waals surface area contributed by atoms with E-state index in [0.717, 1.165) is 9.35 Å². The van der Waals surface area contributed by atoms with E-state index in [1.54, 1.807) is 0 Å². The van der Waals surface area contributed by atoms with Gasteiger partial charge in [0.2, 0.25) is 0 Å². The Hall–Kier alpha value is -0.190. The van der Waals surface area contributed by atoms with Crippen molar-refractivity contribution in [3.05, 3.63) is 20.8 Å². The second-order valence-electron chi connectivity index (χ2n) is 3.78. The third-order valence-electron chi connectivity index (χ3n) is 2.29. The molecule has 0 aliphatic carbocycles. The predicted octanol–water partition coefficient (Wildman–Crippen LogP) is 3.75. The van der Waals surface area contributed by atoms with Crippen LogP contribution in [0.1, 0.15) is 30.4 Å². The van der Waals surface area contributed by atoms with E-state index >= 15 is 0 Å². The average molecular weight is 291 g/mol. The molecule has 0 fully saturated rings. The molecule has 1 atom stereocenters. The van der Waals surface area contributed by atoms with Crippen LogP contribution in [0.5, 0.6) is 0 Å². The summed E-state index contributed by atoms with van der Waals surface area (Å²) in [4.78, 5) is 12.5. The monoisotopic (exact) mass is 290 g/mol. The Balaban J connectivity index is 2.47. The molecule has 15 heavy (non-hydrogen) atoms. The van der Waals surface area contributed by atoms with E-state index in [4.69, 9.17) is 4.74 Å². The zero-order chi connectivity index (χ0) is 11.4. The molecule has 0 bridgehead atoms. The van der Waals surface area contributed by atoms with Crippen molar-refractivity contribution in [2.75, 3.05) is 6.61 Å². The van der Waals surface area contributed by atoms with Gasteiger partial charge in [0.25, 0.3) is 0 Å². The maximum atomic E-state index is 11.7. The van der Waals surface area contributed by atoms with E-state index in [1.165, 1.54) is 11.3 Å². The average Bonchev–Trinajstić information content (AvgIpc) is 2.60. The molecule has 84 valence electrons. The first kappa shape index (κ1) is 12.9. The minimum absolute atomic E-state index is 0.0457. The molecule has 0 saturated carbocycles. The van der Waals surface area contributed by atoms with Crippen molar-refractivity contribution >= 4 is 33.0 Å². The highest BCUT2D eigenvalue weighted by Gasteiger charge is 2.14. The molecule has 1 heterocycles. The fraction of sp³-hybridized carbons (Fsp3) is 0.545. The third-order valence-corrected chi connectivity index (χ3v) is 4.17. The predicted molar refractivity (Wildman–Crippen MR) is 66.6 cm³/mol. The van der Waals surface area contributed by atoms with Crippen LogP contribution in [0.15, 0.2) is 15.9 Å². The maximum absolute atomic E-state index is 11.7. The number of hydrogen-bond acceptors (Lipinski definition) is 3. The standard InChI is InChI=1S/C11H15BrO2S/c1-7(2)8(3)14-6-10(13)11-9(12)4-5-15-11/h4-5,7-8H,6H2,1-3H3. The lowest BCUT2D eigenvalue weighted by atomic mass is 10.1. The number of carbonyl (C=O) groups is 1. The SMILES string of the molecule is CC(C)C(C)OCC(=O)c1sccc1Br. The Labute approximate surface area is 103 Å². The van der Waals surface area contributed by atoms with Gasteiger partial charge in [0.1, 0.15) is 6.61 Å². The van der Waals surface area contributed by atoms with E-state index < -0.39 is 0 Å². The van der Waals surface area contributed by atoms with Crippen LogP contribution < -0.4 is 0 Å². The fourth-order valence-electron chi connectivity index (χ4n) is 0.958. The summed E-state index contributed by atoms with van der Waals surface area (Å²) >= 11 is 4.78. The molecule has 0 aliphatic rings. The summed E-state index contributed by atoms with van der Waals surface area (Å²) in [5.41, 5.74) is 0. The number of hydrogen-bond donors (Lipinski definition) is 0. The molecule has 0 N–H and O–H groups in total. The summed E-state index contributed by atoms with van der Waals surface area (Å²) in [6, 6.07) is 1.88. The molecule has 0 aromatic carbocycles. The van der Waals surface area contributed by atoms with Crippen molar-refractivity contribution < 1.29 is 9.53 Å². The lowest BCUT2D eigenvalue weighted by molar-refractivity contribution is 0.0338. The molecule has 0 radical (unpaired) electrons. The molecule has 0 saturated heterocycles. The fourth-order valence-corrected chi connectivity index (χ4v) is 2.48. The first-order valence-electron chi connectivity index (χ1n) is 4.90. The van der Waals surface area contributed by atoms with Crippen LogP contribution in [-0.2, 0) is 4.74 Å². The zero-order valence-electron chi connectivity index (χ0n) is 9.12. The van der Waals surface area contributed by atoms with Crippen LogP contribution >= 0.6 is 27.3 Å².